The van der Waals surface area contributed by atoms with Crippen molar-refractivity contribution < 1.29 is 4.79 Å². The van der Waals surface area contributed by atoms with Crippen molar-refractivity contribution in [2.24, 2.45) is 0 Å². The number of hydrogen-bond donors (Lipinski definition) is 0. The fraction of sp³-hybridized carbons (Fsp3) is 0.188. The van der Waals surface area contributed by atoms with Gasteiger partial charge < -0.3 is 0 Å². The van der Waals surface area contributed by atoms with E-state index in [2.05, 4.69) is 0 Å². The van der Waals surface area contributed by atoms with Crippen LogP contribution in [0, 0.1) is 25.2 Å². The van der Waals surface area contributed by atoms with Crippen LogP contribution in [-0.4, -0.2) is 10.4 Å². The highest BCUT2D eigenvalue weighted by Crippen LogP contribution is 2.16. The van der Waals surface area contributed by atoms with Crippen LogP contribution in [0.2, 0.25) is 0 Å². The minimum atomic E-state index is -0.398. The summed E-state index contributed by atoms with van der Waals surface area (Å²) in [5.41, 5.74) is 2.60. The lowest BCUT2D eigenvalue weighted by Gasteiger charge is -2.12. The summed E-state index contributed by atoms with van der Waals surface area (Å²) >= 11 is 0. The summed E-state index contributed by atoms with van der Waals surface area (Å²) in [6.45, 7) is 5.18. The number of Topliss-reactive ketones (excluding diaryl/α,β-unsaturated/α-hetero) is 1. The number of rotatable bonds is 2. The predicted octanol–water partition coefficient (Wildman–Crippen LogP) is 2.53. The van der Waals surface area contributed by atoms with E-state index in [-0.39, 0.29) is 16.9 Å². The van der Waals surface area contributed by atoms with Gasteiger partial charge in [0.15, 0.2) is 5.78 Å². The summed E-state index contributed by atoms with van der Waals surface area (Å²) in [6.07, 6.45) is 1.47. The number of carbonyl (C=O) groups excluding carboxylic acids is 1. The molecule has 2 aromatic rings. The van der Waals surface area contributed by atoms with Crippen LogP contribution in [0.4, 0.5) is 0 Å². The van der Waals surface area contributed by atoms with Crippen LogP contribution in [-0.2, 0) is 0 Å². The van der Waals surface area contributed by atoms with Crippen LogP contribution in [0.5, 0.6) is 0 Å². The van der Waals surface area contributed by atoms with Gasteiger partial charge in [-0.1, -0.05) is 12.1 Å². The average Bonchev–Trinajstić information content (AvgIpc) is 2.42. The SMILES string of the molecule is CC(=O)c1cc(C#N)cn(-c2cccc(C)c2C)c1=O. The Morgan fingerprint density at radius 2 is 2.00 bits per heavy atom. The molecule has 0 spiro atoms. The summed E-state index contributed by atoms with van der Waals surface area (Å²) in [4.78, 5) is 23.9. The molecule has 2 rings (SSSR count). The van der Waals surface area contributed by atoms with E-state index in [0.29, 0.717) is 5.69 Å². The molecule has 0 aliphatic heterocycles. The lowest BCUT2D eigenvalue weighted by Crippen LogP contribution is -2.25. The Bertz CT molecular complexity index is 795. The topological polar surface area (TPSA) is 62.9 Å². The number of nitrogens with zero attached hydrogens (tertiary/aromatic N) is 2. The van der Waals surface area contributed by atoms with Crippen molar-refractivity contribution >= 4 is 5.78 Å². The van der Waals surface area contributed by atoms with Gasteiger partial charge in [0.2, 0.25) is 0 Å². The van der Waals surface area contributed by atoms with E-state index in [9.17, 15) is 9.59 Å². The first-order chi connectivity index (χ1) is 9.45. The maximum atomic E-state index is 12.4. The van der Waals surface area contributed by atoms with Gasteiger partial charge >= 0.3 is 0 Å². The Morgan fingerprint density at radius 3 is 2.60 bits per heavy atom. The van der Waals surface area contributed by atoms with Crippen LogP contribution in [0.25, 0.3) is 5.69 Å². The molecule has 0 atom stereocenters. The van der Waals surface area contributed by atoms with Gasteiger partial charge in [0.05, 0.1) is 16.8 Å². The van der Waals surface area contributed by atoms with Gasteiger partial charge in [-0.25, -0.2) is 0 Å². The molecule has 1 aromatic carbocycles. The van der Waals surface area contributed by atoms with Gasteiger partial charge in [0, 0.05) is 6.20 Å². The zero-order chi connectivity index (χ0) is 14.9. The number of ketones is 1. The largest absolute Gasteiger partial charge is 0.294 e. The molecule has 0 aliphatic rings. The van der Waals surface area contributed by atoms with Crippen molar-refractivity contribution in [2.75, 3.05) is 0 Å². The maximum absolute atomic E-state index is 12.4. The van der Waals surface area contributed by atoms with E-state index in [1.54, 1.807) is 6.07 Å². The van der Waals surface area contributed by atoms with Crippen molar-refractivity contribution in [3.05, 3.63) is 63.1 Å². The Balaban J connectivity index is 2.84. The van der Waals surface area contributed by atoms with Gasteiger partial charge in [0.1, 0.15) is 6.07 Å². The Labute approximate surface area is 116 Å². The normalized spacial score (nSPS) is 10.1. The number of nitriles is 1. The Kier molecular flexibility index (Phi) is 3.53. The van der Waals surface area contributed by atoms with E-state index in [1.807, 2.05) is 32.0 Å². The smallest absolute Gasteiger partial charge is 0.266 e. The van der Waals surface area contributed by atoms with Gasteiger partial charge in [-0.05, 0) is 44.0 Å². The van der Waals surface area contributed by atoms with Crippen molar-refractivity contribution in [3.8, 4) is 11.8 Å². The molecule has 0 saturated heterocycles. The number of benzene rings is 1. The Morgan fingerprint density at radius 1 is 1.30 bits per heavy atom. The lowest BCUT2D eigenvalue weighted by atomic mass is 10.1. The van der Waals surface area contributed by atoms with Crippen molar-refractivity contribution in [3.63, 3.8) is 0 Å². The molecular formula is C16H14N2O2. The fourth-order valence-corrected chi connectivity index (χ4v) is 2.07. The highest BCUT2D eigenvalue weighted by atomic mass is 16.1. The van der Waals surface area contributed by atoms with E-state index < -0.39 is 5.56 Å². The molecule has 0 amide bonds. The van der Waals surface area contributed by atoms with Crippen molar-refractivity contribution in [1.29, 1.82) is 5.26 Å². The van der Waals surface area contributed by atoms with Crippen LogP contribution in [0.15, 0.2) is 35.3 Å². The summed E-state index contributed by atoms with van der Waals surface area (Å²) in [6, 6.07) is 8.91. The highest BCUT2D eigenvalue weighted by Gasteiger charge is 2.13. The number of carbonyl (C=O) groups is 1. The number of aromatic nitrogens is 1. The van der Waals surface area contributed by atoms with Crippen molar-refractivity contribution in [1.82, 2.24) is 4.57 Å². The van der Waals surface area contributed by atoms with E-state index in [1.165, 1.54) is 23.8 Å². The van der Waals surface area contributed by atoms with E-state index in [0.717, 1.165) is 11.1 Å². The molecule has 0 N–H and O–H groups in total. The first-order valence-electron chi connectivity index (χ1n) is 6.20. The molecule has 0 fully saturated rings. The van der Waals surface area contributed by atoms with Crippen LogP contribution in [0.3, 0.4) is 0 Å². The summed E-state index contributed by atoms with van der Waals surface area (Å²) < 4.78 is 1.37. The monoisotopic (exact) mass is 266 g/mol. The van der Waals surface area contributed by atoms with E-state index in [4.69, 9.17) is 5.26 Å². The molecule has 0 radical (unpaired) electrons. The number of pyridine rings is 1. The zero-order valence-corrected chi connectivity index (χ0v) is 11.6. The third-order valence-corrected chi connectivity index (χ3v) is 3.36. The standard InChI is InChI=1S/C16H14N2O2/c1-10-5-4-6-15(11(10)2)18-9-13(8-17)7-14(12(3)19)16(18)20/h4-7,9H,1-3H3. The van der Waals surface area contributed by atoms with Gasteiger partial charge in [-0.2, -0.15) is 5.26 Å². The molecular weight excluding hydrogens is 252 g/mol. The Hall–Kier alpha value is -2.67. The predicted molar refractivity (Wildman–Crippen MR) is 76.2 cm³/mol. The highest BCUT2D eigenvalue weighted by molar-refractivity contribution is 5.94. The molecule has 100 valence electrons. The minimum Gasteiger partial charge on any atom is -0.294 e. The molecule has 20 heavy (non-hydrogen) atoms. The first-order valence-corrected chi connectivity index (χ1v) is 6.20. The zero-order valence-electron chi connectivity index (χ0n) is 11.6. The molecule has 0 bridgehead atoms. The van der Waals surface area contributed by atoms with E-state index >= 15 is 0 Å². The summed E-state index contributed by atoms with van der Waals surface area (Å²) in [5, 5.41) is 9.05. The van der Waals surface area contributed by atoms with Gasteiger partial charge in [-0.15, -0.1) is 0 Å². The molecule has 0 saturated carbocycles. The average molecular weight is 266 g/mol. The second-order valence-electron chi connectivity index (χ2n) is 4.70. The first kappa shape index (κ1) is 13.8. The lowest BCUT2D eigenvalue weighted by molar-refractivity contribution is 0.101. The third kappa shape index (κ3) is 2.26. The molecule has 1 aromatic heterocycles. The van der Waals surface area contributed by atoms with Crippen LogP contribution >= 0.6 is 0 Å². The molecule has 0 unspecified atom stereocenters. The maximum Gasteiger partial charge on any atom is 0.266 e. The molecule has 4 nitrogen and oxygen atoms in total. The van der Waals surface area contributed by atoms with Crippen molar-refractivity contribution in [2.45, 2.75) is 20.8 Å². The summed E-state index contributed by atoms with van der Waals surface area (Å²) in [5.74, 6) is -0.342. The number of aryl methyl sites for hydroxylation is 1. The second kappa shape index (κ2) is 5.14. The van der Waals surface area contributed by atoms with Crippen LogP contribution in [0.1, 0.15) is 34.0 Å². The molecule has 1 heterocycles. The molecule has 4 heteroatoms. The summed E-state index contributed by atoms with van der Waals surface area (Å²) in [7, 11) is 0. The van der Waals surface area contributed by atoms with Gasteiger partial charge in [0.25, 0.3) is 5.56 Å². The number of hydrogen-bond acceptors (Lipinski definition) is 3. The van der Waals surface area contributed by atoms with Crippen LogP contribution < -0.4 is 5.56 Å². The third-order valence-electron chi connectivity index (χ3n) is 3.36. The molecule has 0 aliphatic carbocycles. The minimum absolute atomic E-state index is 0.0324. The fourth-order valence-electron chi connectivity index (χ4n) is 2.07. The quantitative estimate of drug-likeness (QED) is 0.785. The van der Waals surface area contributed by atoms with Gasteiger partial charge in [-0.3, -0.25) is 14.2 Å². The second-order valence-corrected chi connectivity index (χ2v) is 4.70.